The number of rotatable bonds is 4. The maximum atomic E-state index is 12.6. The highest BCUT2D eigenvalue weighted by Crippen LogP contribution is 2.24. The van der Waals surface area contributed by atoms with Crippen LogP contribution in [0.1, 0.15) is 44.9 Å². The minimum atomic E-state index is -0.0169. The molecular weight excluding hydrogens is 340 g/mol. The number of piperidine rings is 2. The van der Waals surface area contributed by atoms with Gasteiger partial charge in [-0.15, -0.1) is 0 Å². The van der Waals surface area contributed by atoms with Crippen LogP contribution in [0.2, 0.25) is 0 Å². The zero-order chi connectivity index (χ0) is 18.6. The molecule has 1 aromatic carbocycles. The fourth-order valence-electron chi connectivity index (χ4n) is 3.99. The third-order valence-corrected chi connectivity index (χ3v) is 5.91. The highest BCUT2D eigenvalue weighted by molar-refractivity contribution is 5.93. The normalized spacial score (nSPS) is 21.0. The van der Waals surface area contributed by atoms with Gasteiger partial charge in [-0.3, -0.25) is 4.79 Å². The number of likely N-dealkylation sites (tertiary alicyclic amines) is 1. The van der Waals surface area contributed by atoms with Gasteiger partial charge < -0.3 is 20.4 Å². The van der Waals surface area contributed by atoms with E-state index in [0.717, 1.165) is 44.5 Å². The number of carbonyl (C=O) groups excluding carboxylic acids is 2. The Morgan fingerprint density at radius 2 is 1.52 bits per heavy atom. The number of nitrogens with one attached hydrogen (secondary N) is 2. The molecule has 2 saturated heterocycles. The summed E-state index contributed by atoms with van der Waals surface area (Å²) in [5.74, 6) is 0.0553. The predicted molar refractivity (Wildman–Crippen MR) is 107 cm³/mol. The van der Waals surface area contributed by atoms with Crippen LogP contribution in [-0.2, 0) is 4.79 Å². The predicted octanol–water partition coefficient (Wildman–Crippen LogP) is 3.20. The SMILES string of the molecule is O=C(Nc1ccc(N2CCCCC2)cc1)C1CCN(C(=O)NC2CC2)CC1. The van der Waals surface area contributed by atoms with Crippen molar-refractivity contribution in [3.05, 3.63) is 24.3 Å². The molecule has 0 bridgehead atoms. The van der Waals surface area contributed by atoms with E-state index in [1.807, 2.05) is 17.0 Å². The van der Waals surface area contributed by atoms with Gasteiger partial charge in [0.1, 0.15) is 0 Å². The van der Waals surface area contributed by atoms with Crippen LogP contribution in [0.3, 0.4) is 0 Å². The Labute approximate surface area is 161 Å². The van der Waals surface area contributed by atoms with Crippen LogP contribution in [0.25, 0.3) is 0 Å². The van der Waals surface area contributed by atoms with Crippen LogP contribution in [0, 0.1) is 5.92 Å². The summed E-state index contributed by atoms with van der Waals surface area (Å²) >= 11 is 0. The summed E-state index contributed by atoms with van der Waals surface area (Å²) in [5.41, 5.74) is 2.09. The smallest absolute Gasteiger partial charge is 0.317 e. The highest BCUT2D eigenvalue weighted by Gasteiger charge is 2.30. The molecule has 0 unspecified atom stereocenters. The highest BCUT2D eigenvalue weighted by atomic mass is 16.2. The van der Waals surface area contributed by atoms with Crippen molar-refractivity contribution < 1.29 is 9.59 Å². The zero-order valence-corrected chi connectivity index (χ0v) is 16.0. The quantitative estimate of drug-likeness (QED) is 0.855. The molecule has 3 fully saturated rings. The number of urea groups is 1. The van der Waals surface area contributed by atoms with E-state index in [4.69, 9.17) is 0 Å². The second-order valence-electron chi connectivity index (χ2n) is 8.07. The number of hydrogen-bond acceptors (Lipinski definition) is 3. The Hall–Kier alpha value is -2.24. The molecule has 0 radical (unpaired) electrons. The molecule has 6 nitrogen and oxygen atoms in total. The van der Waals surface area contributed by atoms with Crippen molar-refractivity contribution in [2.75, 3.05) is 36.4 Å². The number of anilines is 2. The van der Waals surface area contributed by atoms with Crippen molar-refractivity contribution in [3.8, 4) is 0 Å². The summed E-state index contributed by atoms with van der Waals surface area (Å²) in [6, 6.07) is 8.62. The van der Waals surface area contributed by atoms with E-state index in [2.05, 4.69) is 27.7 Å². The molecule has 0 aromatic heterocycles. The number of amides is 3. The van der Waals surface area contributed by atoms with Crippen molar-refractivity contribution in [1.82, 2.24) is 10.2 Å². The van der Waals surface area contributed by atoms with Crippen molar-refractivity contribution in [3.63, 3.8) is 0 Å². The largest absolute Gasteiger partial charge is 0.372 e. The van der Waals surface area contributed by atoms with Crippen LogP contribution >= 0.6 is 0 Å². The number of carbonyl (C=O) groups is 2. The number of hydrogen-bond donors (Lipinski definition) is 2. The number of nitrogens with zero attached hydrogens (tertiary/aromatic N) is 2. The molecule has 1 aromatic rings. The van der Waals surface area contributed by atoms with Crippen LogP contribution in [0.5, 0.6) is 0 Å². The maximum Gasteiger partial charge on any atom is 0.317 e. The molecule has 6 heteroatoms. The van der Waals surface area contributed by atoms with Gasteiger partial charge in [0.2, 0.25) is 5.91 Å². The lowest BCUT2D eigenvalue weighted by atomic mass is 9.96. The van der Waals surface area contributed by atoms with Crippen LogP contribution in [0.15, 0.2) is 24.3 Å². The van der Waals surface area contributed by atoms with Gasteiger partial charge in [0.15, 0.2) is 0 Å². The van der Waals surface area contributed by atoms with E-state index >= 15 is 0 Å². The topological polar surface area (TPSA) is 64.7 Å². The molecular formula is C21H30N4O2. The van der Waals surface area contributed by atoms with Gasteiger partial charge in [0.05, 0.1) is 0 Å². The molecule has 146 valence electrons. The Balaban J connectivity index is 1.24. The molecule has 2 heterocycles. The van der Waals surface area contributed by atoms with Gasteiger partial charge >= 0.3 is 6.03 Å². The van der Waals surface area contributed by atoms with Gasteiger partial charge in [-0.1, -0.05) is 0 Å². The van der Waals surface area contributed by atoms with Crippen LogP contribution in [-0.4, -0.2) is 49.1 Å². The minimum Gasteiger partial charge on any atom is -0.372 e. The summed E-state index contributed by atoms with van der Waals surface area (Å²) in [6.07, 6.45) is 7.51. The Morgan fingerprint density at radius 3 is 2.15 bits per heavy atom. The standard InChI is InChI=1S/C21H30N4O2/c26-20(16-10-14-25(15-11-16)21(27)23-18-4-5-18)22-17-6-8-19(9-7-17)24-12-2-1-3-13-24/h6-9,16,18H,1-5,10-15H2,(H,22,26)(H,23,27). The molecule has 3 aliphatic rings. The third-order valence-electron chi connectivity index (χ3n) is 5.91. The molecule has 3 amide bonds. The van der Waals surface area contributed by atoms with E-state index in [1.165, 1.54) is 24.9 Å². The second kappa shape index (κ2) is 8.19. The Bertz CT molecular complexity index is 657. The summed E-state index contributed by atoms with van der Waals surface area (Å²) in [5, 5.41) is 6.07. The molecule has 1 saturated carbocycles. The second-order valence-corrected chi connectivity index (χ2v) is 8.07. The lowest BCUT2D eigenvalue weighted by Crippen LogP contribution is -2.46. The lowest BCUT2D eigenvalue weighted by molar-refractivity contribution is -0.121. The van der Waals surface area contributed by atoms with Crippen molar-refractivity contribution >= 4 is 23.3 Å². The first kappa shape index (κ1) is 18.1. The first-order chi connectivity index (χ1) is 13.2. The van der Waals surface area contributed by atoms with Gasteiger partial charge in [0, 0.05) is 49.5 Å². The van der Waals surface area contributed by atoms with Crippen molar-refractivity contribution in [1.29, 1.82) is 0 Å². The van der Waals surface area contributed by atoms with Crippen LogP contribution < -0.4 is 15.5 Å². The average molecular weight is 370 g/mol. The molecule has 1 aliphatic carbocycles. The molecule has 2 aliphatic heterocycles. The van der Waals surface area contributed by atoms with E-state index in [1.54, 1.807) is 0 Å². The fourth-order valence-corrected chi connectivity index (χ4v) is 3.99. The van der Waals surface area contributed by atoms with E-state index in [9.17, 15) is 9.59 Å². The fraction of sp³-hybridized carbons (Fsp3) is 0.619. The summed E-state index contributed by atoms with van der Waals surface area (Å²) in [4.78, 5) is 28.9. The average Bonchev–Trinajstić information content (AvgIpc) is 3.53. The summed E-state index contributed by atoms with van der Waals surface area (Å²) in [7, 11) is 0. The zero-order valence-electron chi connectivity index (χ0n) is 16.0. The summed E-state index contributed by atoms with van der Waals surface area (Å²) in [6.45, 7) is 3.56. The maximum absolute atomic E-state index is 12.6. The number of benzene rings is 1. The van der Waals surface area contributed by atoms with Gasteiger partial charge in [-0.2, -0.15) is 0 Å². The van der Waals surface area contributed by atoms with E-state index in [0.29, 0.717) is 19.1 Å². The summed E-state index contributed by atoms with van der Waals surface area (Å²) < 4.78 is 0. The molecule has 0 atom stereocenters. The Kier molecular flexibility index (Phi) is 5.50. The monoisotopic (exact) mass is 370 g/mol. The van der Waals surface area contributed by atoms with Crippen molar-refractivity contribution in [2.45, 2.75) is 51.0 Å². The first-order valence-electron chi connectivity index (χ1n) is 10.4. The third kappa shape index (κ3) is 4.73. The van der Waals surface area contributed by atoms with Crippen molar-refractivity contribution in [2.24, 2.45) is 5.92 Å². The van der Waals surface area contributed by atoms with E-state index in [-0.39, 0.29) is 17.9 Å². The van der Waals surface area contributed by atoms with E-state index < -0.39 is 0 Å². The van der Waals surface area contributed by atoms with Gasteiger partial charge in [0.25, 0.3) is 0 Å². The first-order valence-corrected chi connectivity index (χ1v) is 10.4. The minimum absolute atomic E-state index is 0.0169. The molecule has 0 spiro atoms. The molecule has 27 heavy (non-hydrogen) atoms. The van der Waals surface area contributed by atoms with Gasteiger partial charge in [-0.25, -0.2) is 4.79 Å². The van der Waals surface area contributed by atoms with Crippen LogP contribution in [0.4, 0.5) is 16.2 Å². The Morgan fingerprint density at radius 1 is 0.852 bits per heavy atom. The molecule has 4 rings (SSSR count). The lowest BCUT2D eigenvalue weighted by Gasteiger charge is -2.31. The van der Waals surface area contributed by atoms with Gasteiger partial charge in [-0.05, 0) is 69.2 Å². The molecule has 2 N–H and O–H groups in total.